The van der Waals surface area contributed by atoms with Gasteiger partial charge < -0.3 is 14.6 Å². The quantitative estimate of drug-likeness (QED) is 0.730. The molecule has 0 aliphatic rings. The summed E-state index contributed by atoms with van der Waals surface area (Å²) in [5.74, 6) is 0.821. The summed E-state index contributed by atoms with van der Waals surface area (Å²) in [6, 6.07) is 3.69. The minimum atomic E-state index is -0.424. The van der Waals surface area contributed by atoms with Gasteiger partial charge in [-0.05, 0) is 18.6 Å². The van der Waals surface area contributed by atoms with E-state index in [0.717, 1.165) is 18.6 Å². The highest BCUT2D eigenvalue weighted by Gasteiger charge is 2.29. The second-order valence-electron chi connectivity index (χ2n) is 3.82. The molecule has 0 aromatic carbocycles. The molecule has 1 aromatic rings. The zero-order valence-corrected chi connectivity index (χ0v) is 8.57. The van der Waals surface area contributed by atoms with Crippen LogP contribution in [0.3, 0.4) is 0 Å². The van der Waals surface area contributed by atoms with E-state index >= 15 is 0 Å². The Labute approximate surface area is 84.4 Å². The molecular formula is C11H18O3. The van der Waals surface area contributed by atoms with Gasteiger partial charge in [-0.25, -0.2) is 0 Å². The number of aliphatic hydroxyl groups is 2. The molecule has 2 N–H and O–H groups in total. The van der Waals surface area contributed by atoms with Gasteiger partial charge in [-0.3, -0.25) is 0 Å². The van der Waals surface area contributed by atoms with Crippen LogP contribution in [0, 0.1) is 5.41 Å². The van der Waals surface area contributed by atoms with Gasteiger partial charge in [0.15, 0.2) is 0 Å². The topological polar surface area (TPSA) is 53.6 Å². The van der Waals surface area contributed by atoms with Gasteiger partial charge in [-0.15, -0.1) is 0 Å². The van der Waals surface area contributed by atoms with Gasteiger partial charge >= 0.3 is 0 Å². The first kappa shape index (κ1) is 11.3. The van der Waals surface area contributed by atoms with Crippen molar-refractivity contribution in [1.29, 1.82) is 0 Å². The van der Waals surface area contributed by atoms with E-state index in [1.54, 1.807) is 6.26 Å². The average molecular weight is 198 g/mol. The van der Waals surface area contributed by atoms with Crippen molar-refractivity contribution in [2.75, 3.05) is 13.2 Å². The van der Waals surface area contributed by atoms with Gasteiger partial charge in [0.1, 0.15) is 5.76 Å². The third kappa shape index (κ3) is 2.59. The maximum Gasteiger partial charge on any atom is 0.104 e. The van der Waals surface area contributed by atoms with Crippen LogP contribution in [0.4, 0.5) is 0 Å². The Bertz CT molecular complexity index is 237. The molecule has 0 bridgehead atoms. The number of hydrogen-bond donors (Lipinski definition) is 2. The first-order valence-electron chi connectivity index (χ1n) is 5.00. The first-order valence-corrected chi connectivity index (χ1v) is 5.00. The predicted octanol–water partition coefficient (Wildman–Crippen LogP) is 1.59. The predicted molar refractivity (Wildman–Crippen MR) is 53.9 cm³/mol. The number of aliphatic hydroxyl groups excluding tert-OH is 2. The summed E-state index contributed by atoms with van der Waals surface area (Å²) in [5, 5.41) is 18.6. The Morgan fingerprint density at radius 3 is 2.50 bits per heavy atom. The van der Waals surface area contributed by atoms with Crippen molar-refractivity contribution in [3.05, 3.63) is 24.2 Å². The Balaban J connectivity index is 2.67. The lowest BCUT2D eigenvalue weighted by Gasteiger charge is -2.28. The van der Waals surface area contributed by atoms with Crippen LogP contribution in [0.25, 0.3) is 0 Å². The molecule has 0 amide bonds. The van der Waals surface area contributed by atoms with Crippen molar-refractivity contribution in [2.24, 2.45) is 5.41 Å². The van der Waals surface area contributed by atoms with Gasteiger partial charge in [-0.1, -0.05) is 13.3 Å². The SMILES string of the molecule is CCCC(CO)(CO)Cc1ccco1. The maximum absolute atomic E-state index is 9.30. The van der Waals surface area contributed by atoms with Gasteiger partial charge in [-0.2, -0.15) is 0 Å². The summed E-state index contributed by atoms with van der Waals surface area (Å²) in [4.78, 5) is 0. The number of rotatable bonds is 6. The molecule has 3 nitrogen and oxygen atoms in total. The molecule has 0 aliphatic carbocycles. The van der Waals surface area contributed by atoms with Crippen LogP contribution >= 0.6 is 0 Å². The van der Waals surface area contributed by atoms with E-state index in [4.69, 9.17) is 4.42 Å². The van der Waals surface area contributed by atoms with Crippen LogP contribution in [0.15, 0.2) is 22.8 Å². The van der Waals surface area contributed by atoms with Crippen LogP contribution in [-0.4, -0.2) is 23.4 Å². The summed E-state index contributed by atoms with van der Waals surface area (Å²) in [6.45, 7) is 2.04. The summed E-state index contributed by atoms with van der Waals surface area (Å²) < 4.78 is 5.22. The summed E-state index contributed by atoms with van der Waals surface area (Å²) in [7, 11) is 0. The van der Waals surface area contributed by atoms with E-state index in [0.29, 0.717) is 6.42 Å². The van der Waals surface area contributed by atoms with E-state index in [9.17, 15) is 10.2 Å². The normalized spacial score (nSPS) is 11.9. The maximum atomic E-state index is 9.30. The minimum Gasteiger partial charge on any atom is -0.469 e. The Kier molecular flexibility index (Phi) is 4.17. The number of hydrogen-bond acceptors (Lipinski definition) is 3. The molecular weight excluding hydrogens is 180 g/mol. The van der Waals surface area contributed by atoms with E-state index < -0.39 is 5.41 Å². The Morgan fingerprint density at radius 1 is 1.36 bits per heavy atom. The first-order chi connectivity index (χ1) is 6.76. The van der Waals surface area contributed by atoms with E-state index in [-0.39, 0.29) is 13.2 Å². The summed E-state index contributed by atoms with van der Waals surface area (Å²) >= 11 is 0. The molecule has 3 heteroatoms. The molecule has 0 unspecified atom stereocenters. The highest BCUT2D eigenvalue weighted by atomic mass is 16.3. The zero-order chi connectivity index (χ0) is 10.4. The molecule has 1 rings (SSSR count). The van der Waals surface area contributed by atoms with Crippen molar-refractivity contribution in [3.63, 3.8) is 0 Å². The van der Waals surface area contributed by atoms with E-state index in [1.165, 1.54) is 0 Å². The van der Waals surface area contributed by atoms with Gasteiger partial charge in [0, 0.05) is 11.8 Å². The van der Waals surface area contributed by atoms with Crippen molar-refractivity contribution in [3.8, 4) is 0 Å². The van der Waals surface area contributed by atoms with Crippen molar-refractivity contribution in [2.45, 2.75) is 26.2 Å². The summed E-state index contributed by atoms with van der Waals surface area (Å²) in [6.07, 6.45) is 3.96. The second kappa shape index (κ2) is 5.17. The molecule has 0 aliphatic heterocycles. The van der Waals surface area contributed by atoms with E-state index in [1.807, 2.05) is 19.1 Å². The molecule has 0 atom stereocenters. The molecule has 0 fully saturated rings. The average Bonchev–Trinajstić information content (AvgIpc) is 2.69. The number of furan rings is 1. The lowest BCUT2D eigenvalue weighted by atomic mass is 9.81. The fourth-order valence-corrected chi connectivity index (χ4v) is 1.72. The lowest BCUT2D eigenvalue weighted by molar-refractivity contribution is 0.0424. The standard InChI is InChI=1S/C11H18O3/c1-2-5-11(8-12,9-13)7-10-4-3-6-14-10/h3-4,6,12-13H,2,5,7-9H2,1H3. The highest BCUT2D eigenvalue weighted by Crippen LogP contribution is 2.27. The monoisotopic (exact) mass is 198 g/mol. The second-order valence-corrected chi connectivity index (χ2v) is 3.82. The zero-order valence-electron chi connectivity index (χ0n) is 8.57. The molecule has 0 saturated heterocycles. The fraction of sp³-hybridized carbons (Fsp3) is 0.636. The van der Waals surface area contributed by atoms with Gasteiger partial charge in [0.05, 0.1) is 19.5 Å². The van der Waals surface area contributed by atoms with Gasteiger partial charge in [0.2, 0.25) is 0 Å². The lowest BCUT2D eigenvalue weighted by Crippen LogP contribution is -2.32. The van der Waals surface area contributed by atoms with Crippen LogP contribution in [0.5, 0.6) is 0 Å². The van der Waals surface area contributed by atoms with Crippen molar-refractivity contribution >= 4 is 0 Å². The molecule has 80 valence electrons. The van der Waals surface area contributed by atoms with Crippen molar-refractivity contribution < 1.29 is 14.6 Å². The van der Waals surface area contributed by atoms with E-state index in [2.05, 4.69) is 0 Å². The third-order valence-corrected chi connectivity index (χ3v) is 2.58. The van der Waals surface area contributed by atoms with Crippen LogP contribution in [0.2, 0.25) is 0 Å². The van der Waals surface area contributed by atoms with Crippen LogP contribution in [-0.2, 0) is 6.42 Å². The molecule has 0 radical (unpaired) electrons. The Hall–Kier alpha value is -0.800. The fourth-order valence-electron chi connectivity index (χ4n) is 1.72. The Morgan fingerprint density at radius 2 is 2.07 bits per heavy atom. The van der Waals surface area contributed by atoms with Crippen LogP contribution < -0.4 is 0 Å². The summed E-state index contributed by atoms with van der Waals surface area (Å²) in [5.41, 5.74) is -0.424. The molecule has 1 aromatic heterocycles. The molecule has 14 heavy (non-hydrogen) atoms. The van der Waals surface area contributed by atoms with Crippen LogP contribution in [0.1, 0.15) is 25.5 Å². The highest BCUT2D eigenvalue weighted by molar-refractivity contribution is 5.02. The minimum absolute atomic E-state index is 0.00194. The van der Waals surface area contributed by atoms with Gasteiger partial charge in [0.25, 0.3) is 0 Å². The molecule has 1 heterocycles. The molecule has 0 spiro atoms. The smallest absolute Gasteiger partial charge is 0.104 e. The molecule has 0 saturated carbocycles. The largest absolute Gasteiger partial charge is 0.469 e. The van der Waals surface area contributed by atoms with Crippen molar-refractivity contribution in [1.82, 2.24) is 0 Å². The third-order valence-electron chi connectivity index (χ3n) is 2.58.